The lowest BCUT2D eigenvalue weighted by Gasteiger charge is -2.17. The summed E-state index contributed by atoms with van der Waals surface area (Å²) < 4.78 is 13.1. The predicted octanol–water partition coefficient (Wildman–Crippen LogP) is 2.26. The van der Waals surface area contributed by atoms with Gasteiger partial charge in [-0.25, -0.2) is 0 Å². The van der Waals surface area contributed by atoms with Gasteiger partial charge in [0.1, 0.15) is 0 Å². The zero-order chi connectivity index (χ0) is 11.3. The third kappa shape index (κ3) is 3.87. The fourth-order valence-electron chi connectivity index (χ4n) is 1.79. The summed E-state index contributed by atoms with van der Waals surface area (Å²) in [6.07, 6.45) is 5.41. The number of thioether (sulfide) groups is 1. The molecule has 2 atom stereocenters. The van der Waals surface area contributed by atoms with E-state index in [4.69, 9.17) is 0 Å². The second kappa shape index (κ2) is 6.18. The van der Waals surface area contributed by atoms with Gasteiger partial charge in [0.25, 0.3) is 0 Å². The summed E-state index contributed by atoms with van der Waals surface area (Å²) in [5.74, 6) is 0.466. The highest BCUT2D eigenvalue weighted by atomic mass is 32.2. The van der Waals surface area contributed by atoms with Crippen LogP contribution in [0.15, 0.2) is 23.5 Å². The Labute approximate surface area is 95.4 Å². The first kappa shape index (κ1) is 12.6. The molecule has 0 aromatic rings. The molecule has 15 heavy (non-hydrogen) atoms. The van der Waals surface area contributed by atoms with Crippen molar-refractivity contribution in [3.05, 3.63) is 23.5 Å². The van der Waals surface area contributed by atoms with Crippen molar-refractivity contribution in [3.63, 3.8) is 0 Å². The lowest BCUT2D eigenvalue weighted by atomic mass is 9.97. The van der Waals surface area contributed by atoms with Crippen LogP contribution in [0.4, 0.5) is 4.39 Å². The summed E-state index contributed by atoms with van der Waals surface area (Å²) in [5.41, 5.74) is 1.09. The molecule has 86 valence electrons. The van der Waals surface area contributed by atoms with E-state index >= 15 is 0 Å². The molecule has 1 rings (SSSR count). The molecule has 1 heterocycles. The summed E-state index contributed by atoms with van der Waals surface area (Å²) in [6, 6.07) is 0.0964. The standard InChI is InChI=1S/C11H19FN2S/c1-8-9(4-5-14-8)6-10(13-2)7-11(12)15-3/h7,9-10,13-14H,1,4-6H2,2-3H3/b11-7+. The molecule has 2 nitrogen and oxygen atoms in total. The molecule has 0 amide bonds. The van der Waals surface area contributed by atoms with Gasteiger partial charge in [-0.05, 0) is 32.2 Å². The topological polar surface area (TPSA) is 24.1 Å². The normalized spacial score (nSPS) is 24.1. The van der Waals surface area contributed by atoms with Crippen molar-refractivity contribution in [2.75, 3.05) is 19.8 Å². The van der Waals surface area contributed by atoms with Crippen LogP contribution in [0.2, 0.25) is 0 Å². The van der Waals surface area contributed by atoms with Gasteiger partial charge in [-0.15, -0.1) is 0 Å². The molecule has 0 aromatic carbocycles. The van der Waals surface area contributed by atoms with Crippen molar-refractivity contribution >= 4 is 11.8 Å². The summed E-state index contributed by atoms with van der Waals surface area (Å²) in [5, 5.41) is 6.22. The Morgan fingerprint density at radius 1 is 1.87 bits per heavy atom. The van der Waals surface area contributed by atoms with Gasteiger partial charge in [0.05, 0.1) is 0 Å². The van der Waals surface area contributed by atoms with E-state index in [1.54, 1.807) is 12.3 Å². The molecular formula is C11H19FN2S. The highest BCUT2D eigenvalue weighted by Gasteiger charge is 2.21. The quantitative estimate of drug-likeness (QED) is 0.757. The smallest absolute Gasteiger partial charge is 0.153 e. The first-order chi connectivity index (χ1) is 7.17. The molecule has 1 fully saturated rings. The minimum absolute atomic E-state index is 0.0964. The van der Waals surface area contributed by atoms with Gasteiger partial charge >= 0.3 is 0 Å². The Morgan fingerprint density at radius 2 is 2.60 bits per heavy atom. The van der Waals surface area contributed by atoms with E-state index < -0.39 is 0 Å². The highest BCUT2D eigenvalue weighted by molar-refractivity contribution is 8.02. The second-order valence-electron chi connectivity index (χ2n) is 3.74. The number of hydrogen-bond donors (Lipinski definition) is 2. The minimum Gasteiger partial charge on any atom is -0.389 e. The summed E-state index contributed by atoms with van der Waals surface area (Å²) in [7, 11) is 1.86. The van der Waals surface area contributed by atoms with Gasteiger partial charge in [0.2, 0.25) is 0 Å². The maximum absolute atomic E-state index is 13.1. The first-order valence-electron chi connectivity index (χ1n) is 5.18. The number of allylic oxidation sites excluding steroid dienone is 1. The van der Waals surface area contributed by atoms with E-state index in [0.717, 1.165) is 36.8 Å². The highest BCUT2D eigenvalue weighted by Crippen LogP contribution is 2.24. The van der Waals surface area contributed by atoms with Crippen LogP contribution in [0.3, 0.4) is 0 Å². The van der Waals surface area contributed by atoms with Crippen LogP contribution in [0.25, 0.3) is 0 Å². The van der Waals surface area contributed by atoms with Gasteiger partial charge in [-0.2, -0.15) is 4.39 Å². The maximum Gasteiger partial charge on any atom is 0.153 e. The molecule has 0 bridgehead atoms. The molecule has 0 radical (unpaired) electrons. The summed E-state index contributed by atoms with van der Waals surface area (Å²) >= 11 is 1.14. The molecule has 0 aliphatic carbocycles. The predicted molar refractivity (Wildman–Crippen MR) is 65.4 cm³/mol. The Morgan fingerprint density at radius 3 is 3.07 bits per heavy atom. The van der Waals surface area contributed by atoms with E-state index in [9.17, 15) is 4.39 Å². The van der Waals surface area contributed by atoms with Gasteiger partial charge in [-0.1, -0.05) is 18.3 Å². The van der Waals surface area contributed by atoms with Crippen LogP contribution in [0, 0.1) is 5.92 Å². The molecule has 2 unspecified atom stereocenters. The molecule has 1 aliphatic rings. The van der Waals surface area contributed by atoms with E-state index in [-0.39, 0.29) is 11.2 Å². The van der Waals surface area contributed by atoms with E-state index in [1.165, 1.54) is 0 Å². The first-order valence-corrected chi connectivity index (χ1v) is 6.41. The van der Waals surface area contributed by atoms with Gasteiger partial charge in [-0.3, -0.25) is 0 Å². The van der Waals surface area contributed by atoms with Crippen molar-refractivity contribution in [2.45, 2.75) is 18.9 Å². The van der Waals surface area contributed by atoms with E-state index in [2.05, 4.69) is 17.2 Å². The lowest BCUT2D eigenvalue weighted by molar-refractivity contribution is 0.494. The Kier molecular flexibility index (Phi) is 5.19. The van der Waals surface area contributed by atoms with Gasteiger partial charge in [0.15, 0.2) is 5.16 Å². The zero-order valence-corrected chi connectivity index (χ0v) is 10.2. The Hall–Kier alpha value is -0.480. The van der Waals surface area contributed by atoms with Crippen LogP contribution in [0.5, 0.6) is 0 Å². The van der Waals surface area contributed by atoms with Crippen LogP contribution in [-0.4, -0.2) is 25.9 Å². The van der Waals surface area contributed by atoms with E-state index in [0.29, 0.717) is 5.92 Å². The van der Waals surface area contributed by atoms with E-state index in [1.807, 2.05) is 7.05 Å². The number of hydrogen-bond acceptors (Lipinski definition) is 3. The molecule has 2 N–H and O–H groups in total. The third-order valence-electron chi connectivity index (χ3n) is 2.77. The molecule has 1 aliphatic heterocycles. The van der Waals surface area contributed by atoms with Crippen molar-refractivity contribution in [2.24, 2.45) is 5.92 Å². The van der Waals surface area contributed by atoms with Crippen LogP contribution >= 0.6 is 11.8 Å². The number of nitrogens with one attached hydrogen (secondary N) is 2. The van der Waals surface area contributed by atoms with Crippen LogP contribution in [0.1, 0.15) is 12.8 Å². The summed E-state index contributed by atoms with van der Waals surface area (Å²) in [4.78, 5) is 0. The third-order valence-corrected chi connectivity index (χ3v) is 3.30. The average Bonchev–Trinajstić information content (AvgIpc) is 2.63. The monoisotopic (exact) mass is 230 g/mol. The van der Waals surface area contributed by atoms with Crippen molar-refractivity contribution in [1.29, 1.82) is 0 Å². The number of rotatable bonds is 5. The fraction of sp³-hybridized carbons (Fsp3) is 0.636. The van der Waals surface area contributed by atoms with Crippen LogP contribution < -0.4 is 10.6 Å². The zero-order valence-electron chi connectivity index (χ0n) is 9.35. The van der Waals surface area contributed by atoms with Crippen molar-refractivity contribution in [1.82, 2.24) is 10.6 Å². The summed E-state index contributed by atoms with van der Waals surface area (Å²) in [6.45, 7) is 4.96. The Bertz CT molecular complexity index is 253. The number of halogens is 1. The van der Waals surface area contributed by atoms with Crippen LogP contribution in [-0.2, 0) is 0 Å². The average molecular weight is 230 g/mol. The fourth-order valence-corrected chi connectivity index (χ4v) is 2.09. The van der Waals surface area contributed by atoms with Crippen molar-refractivity contribution < 1.29 is 4.39 Å². The minimum atomic E-state index is -0.120. The molecule has 0 aromatic heterocycles. The molecule has 0 spiro atoms. The van der Waals surface area contributed by atoms with Gasteiger partial charge < -0.3 is 10.6 Å². The SMILES string of the molecule is C=C1NCCC1CC(/C=C(\F)SC)NC. The molecule has 4 heteroatoms. The Balaban J connectivity index is 2.49. The molecule has 0 saturated carbocycles. The second-order valence-corrected chi connectivity index (χ2v) is 4.54. The molecule has 1 saturated heterocycles. The van der Waals surface area contributed by atoms with Crippen molar-refractivity contribution in [3.8, 4) is 0 Å². The number of likely N-dealkylation sites (N-methyl/N-ethyl adjacent to an activating group) is 1. The van der Waals surface area contributed by atoms with Gasteiger partial charge in [0, 0.05) is 24.2 Å². The maximum atomic E-state index is 13.1. The largest absolute Gasteiger partial charge is 0.389 e. The lowest BCUT2D eigenvalue weighted by Crippen LogP contribution is -2.26. The molecular weight excluding hydrogens is 211 g/mol.